The molecule has 0 spiro atoms. The summed E-state index contributed by atoms with van der Waals surface area (Å²) in [4.78, 5) is 38.0. The molecule has 3 rings (SSSR count). The van der Waals surface area contributed by atoms with Gasteiger partial charge in [-0.2, -0.15) is 0 Å². The van der Waals surface area contributed by atoms with Crippen molar-refractivity contribution in [2.45, 2.75) is 26.2 Å². The van der Waals surface area contributed by atoms with Crippen LogP contribution in [0.25, 0.3) is 11.0 Å². The van der Waals surface area contributed by atoms with Gasteiger partial charge in [0.2, 0.25) is 11.8 Å². The van der Waals surface area contributed by atoms with Gasteiger partial charge < -0.3 is 19.8 Å². The van der Waals surface area contributed by atoms with Gasteiger partial charge in [0, 0.05) is 30.5 Å². The largest absolute Gasteiger partial charge is 0.495 e. The quantitative estimate of drug-likeness (QED) is 0.802. The normalized spacial score (nSPS) is 15.1. The fourth-order valence-electron chi connectivity index (χ4n) is 3.43. The van der Waals surface area contributed by atoms with Crippen molar-refractivity contribution < 1.29 is 18.7 Å². The molecule has 144 valence electrons. The second-order valence-corrected chi connectivity index (χ2v) is 7.12. The number of halogens is 1. The van der Waals surface area contributed by atoms with E-state index in [4.69, 9.17) is 26.5 Å². The number of methoxy groups -OCH3 is 1. The highest BCUT2D eigenvalue weighted by Gasteiger charge is 2.27. The molecule has 2 amide bonds. The van der Waals surface area contributed by atoms with E-state index in [2.05, 4.69) is 0 Å². The molecule has 8 heteroatoms. The Morgan fingerprint density at radius 2 is 2.00 bits per heavy atom. The lowest BCUT2D eigenvalue weighted by Gasteiger charge is -2.30. The molecule has 1 aliphatic rings. The molecule has 2 aromatic rings. The lowest BCUT2D eigenvalue weighted by atomic mass is 9.95. The van der Waals surface area contributed by atoms with E-state index >= 15 is 0 Å². The smallest absolute Gasteiger partial charge is 0.340 e. The average Bonchev–Trinajstić information content (AvgIpc) is 2.65. The fraction of sp³-hybridized carbons (Fsp3) is 0.421. The van der Waals surface area contributed by atoms with Crippen LogP contribution in [0.5, 0.6) is 5.75 Å². The minimum atomic E-state index is -0.551. The molecule has 1 aliphatic heterocycles. The van der Waals surface area contributed by atoms with Gasteiger partial charge >= 0.3 is 5.63 Å². The van der Waals surface area contributed by atoms with Gasteiger partial charge in [-0.1, -0.05) is 11.6 Å². The number of piperidine rings is 1. The lowest BCUT2D eigenvalue weighted by Crippen LogP contribution is -2.42. The first kappa shape index (κ1) is 19.2. The third-order valence-corrected chi connectivity index (χ3v) is 5.43. The zero-order chi connectivity index (χ0) is 19.7. The van der Waals surface area contributed by atoms with Gasteiger partial charge in [-0.15, -0.1) is 0 Å². The van der Waals surface area contributed by atoms with Gasteiger partial charge in [-0.05, 0) is 31.4 Å². The second kappa shape index (κ2) is 7.60. The Labute approximate surface area is 161 Å². The molecule has 27 heavy (non-hydrogen) atoms. The Bertz CT molecular complexity index is 961. The first-order valence-electron chi connectivity index (χ1n) is 8.68. The maximum absolute atomic E-state index is 12.6. The predicted octanol–water partition coefficient (Wildman–Crippen LogP) is 2.03. The Morgan fingerprint density at radius 3 is 2.59 bits per heavy atom. The third kappa shape index (κ3) is 3.78. The molecule has 2 N–H and O–H groups in total. The van der Waals surface area contributed by atoms with Crippen LogP contribution in [-0.4, -0.2) is 36.9 Å². The summed E-state index contributed by atoms with van der Waals surface area (Å²) in [6, 6.07) is 3.23. The molecule has 0 atom stereocenters. The maximum Gasteiger partial charge on any atom is 0.340 e. The molecule has 2 heterocycles. The van der Waals surface area contributed by atoms with Crippen LogP contribution >= 0.6 is 11.6 Å². The Hall–Kier alpha value is -2.54. The van der Waals surface area contributed by atoms with Crippen LogP contribution in [0.4, 0.5) is 0 Å². The lowest BCUT2D eigenvalue weighted by molar-refractivity contribution is -0.134. The number of primary amides is 1. The molecule has 1 aromatic heterocycles. The zero-order valence-corrected chi connectivity index (χ0v) is 16.0. The van der Waals surface area contributed by atoms with E-state index in [1.54, 1.807) is 24.0 Å². The van der Waals surface area contributed by atoms with Crippen molar-refractivity contribution in [1.29, 1.82) is 0 Å². The van der Waals surface area contributed by atoms with Gasteiger partial charge in [-0.25, -0.2) is 4.79 Å². The number of ether oxygens (including phenoxy) is 1. The number of carbonyl (C=O) groups excluding carboxylic acids is 2. The molecule has 0 saturated carbocycles. The van der Waals surface area contributed by atoms with Gasteiger partial charge in [0.25, 0.3) is 0 Å². The van der Waals surface area contributed by atoms with Crippen molar-refractivity contribution in [2.24, 2.45) is 11.7 Å². The second-order valence-electron chi connectivity index (χ2n) is 6.71. The monoisotopic (exact) mass is 392 g/mol. The number of fused-ring (bicyclic) bond motifs is 1. The Morgan fingerprint density at radius 1 is 1.33 bits per heavy atom. The summed E-state index contributed by atoms with van der Waals surface area (Å²) in [5.74, 6) is -0.292. The third-order valence-electron chi connectivity index (χ3n) is 5.14. The van der Waals surface area contributed by atoms with Crippen molar-refractivity contribution in [1.82, 2.24) is 4.90 Å². The Balaban J connectivity index is 1.86. The number of aryl methyl sites for hydroxylation is 1. The molecule has 1 saturated heterocycles. The van der Waals surface area contributed by atoms with Gasteiger partial charge in [0.05, 0.1) is 24.1 Å². The number of nitrogens with two attached hydrogens (primary N) is 1. The molecule has 0 unspecified atom stereocenters. The molecular weight excluding hydrogens is 372 g/mol. The standard InChI is InChI=1S/C19H21ClN2O5/c1-10-12-7-14(20)16(26-2)9-15(12)27-19(25)13(10)8-17(23)22-5-3-11(4-6-22)18(21)24/h7,9,11H,3-6,8H2,1-2H3,(H2,21,24). The summed E-state index contributed by atoms with van der Waals surface area (Å²) in [6.07, 6.45) is 1.03. The first-order valence-corrected chi connectivity index (χ1v) is 9.06. The van der Waals surface area contributed by atoms with Crippen molar-refractivity contribution in [3.63, 3.8) is 0 Å². The summed E-state index contributed by atoms with van der Waals surface area (Å²) in [6.45, 7) is 2.67. The van der Waals surface area contributed by atoms with Crippen LogP contribution in [0.1, 0.15) is 24.0 Å². The number of amides is 2. The zero-order valence-electron chi connectivity index (χ0n) is 15.2. The van der Waals surface area contributed by atoms with Gasteiger partial charge in [0.1, 0.15) is 11.3 Å². The minimum Gasteiger partial charge on any atom is -0.495 e. The first-order chi connectivity index (χ1) is 12.8. The highest BCUT2D eigenvalue weighted by molar-refractivity contribution is 6.32. The highest BCUT2D eigenvalue weighted by Crippen LogP contribution is 2.31. The molecule has 0 bridgehead atoms. The van der Waals surface area contributed by atoms with Crippen LogP contribution in [0.2, 0.25) is 5.02 Å². The summed E-state index contributed by atoms with van der Waals surface area (Å²) in [5, 5.41) is 1.06. The average molecular weight is 393 g/mol. The number of hydrogen-bond acceptors (Lipinski definition) is 5. The van der Waals surface area contributed by atoms with Gasteiger partial charge in [0.15, 0.2) is 0 Å². The number of benzene rings is 1. The predicted molar refractivity (Wildman–Crippen MR) is 101 cm³/mol. The van der Waals surface area contributed by atoms with E-state index in [0.717, 1.165) is 0 Å². The Kier molecular flexibility index (Phi) is 5.41. The molecule has 1 fully saturated rings. The van der Waals surface area contributed by atoms with Crippen molar-refractivity contribution in [3.05, 3.63) is 38.7 Å². The van der Waals surface area contributed by atoms with E-state index in [-0.39, 0.29) is 24.2 Å². The molecule has 0 aliphatic carbocycles. The molecule has 1 aromatic carbocycles. The van der Waals surface area contributed by atoms with Crippen LogP contribution < -0.4 is 16.1 Å². The fourth-order valence-corrected chi connectivity index (χ4v) is 3.67. The van der Waals surface area contributed by atoms with Crippen molar-refractivity contribution in [2.75, 3.05) is 20.2 Å². The SMILES string of the molecule is COc1cc2oc(=O)c(CC(=O)N3CCC(C(N)=O)CC3)c(C)c2cc1Cl. The highest BCUT2D eigenvalue weighted by atomic mass is 35.5. The number of carbonyl (C=O) groups is 2. The number of likely N-dealkylation sites (tertiary alicyclic amines) is 1. The molecular formula is C19H21ClN2O5. The topological polar surface area (TPSA) is 103 Å². The van der Waals surface area contributed by atoms with E-state index < -0.39 is 5.63 Å². The maximum atomic E-state index is 12.6. The number of rotatable bonds is 4. The van der Waals surface area contributed by atoms with E-state index in [9.17, 15) is 14.4 Å². The summed E-state index contributed by atoms with van der Waals surface area (Å²) in [7, 11) is 1.48. The van der Waals surface area contributed by atoms with E-state index in [1.165, 1.54) is 7.11 Å². The van der Waals surface area contributed by atoms with E-state index in [1.807, 2.05) is 0 Å². The summed E-state index contributed by atoms with van der Waals surface area (Å²) in [5.41, 5.74) is 6.10. The van der Waals surface area contributed by atoms with Gasteiger partial charge in [-0.3, -0.25) is 9.59 Å². The summed E-state index contributed by atoms with van der Waals surface area (Å²) >= 11 is 6.18. The van der Waals surface area contributed by atoms with E-state index in [0.29, 0.717) is 58.8 Å². The van der Waals surface area contributed by atoms with Crippen molar-refractivity contribution in [3.8, 4) is 5.75 Å². The van der Waals surface area contributed by atoms with Crippen molar-refractivity contribution >= 4 is 34.4 Å². The van der Waals surface area contributed by atoms with Crippen LogP contribution in [0.3, 0.4) is 0 Å². The van der Waals surface area contributed by atoms with Crippen LogP contribution in [0, 0.1) is 12.8 Å². The van der Waals surface area contributed by atoms with Crippen LogP contribution in [-0.2, 0) is 16.0 Å². The molecule has 7 nitrogen and oxygen atoms in total. The van der Waals surface area contributed by atoms with Crippen LogP contribution in [0.15, 0.2) is 21.3 Å². The number of nitrogens with zero attached hydrogens (tertiary/aromatic N) is 1. The minimum absolute atomic E-state index is 0.0605. The summed E-state index contributed by atoms with van der Waals surface area (Å²) < 4.78 is 10.5. The number of hydrogen-bond donors (Lipinski definition) is 1. The molecule has 0 radical (unpaired) electrons.